The molecule has 1 fully saturated rings. The highest BCUT2D eigenvalue weighted by atomic mass is 32.2. The Labute approximate surface area is 102 Å². The molecule has 0 unspecified atom stereocenters. The Bertz CT molecular complexity index is 191. The second-order valence-electron chi connectivity index (χ2n) is 3.78. The van der Waals surface area contributed by atoms with Crippen LogP contribution < -0.4 is 5.73 Å². The third-order valence-corrected chi connectivity index (χ3v) is 3.61. The first-order chi connectivity index (χ1) is 7.22. The maximum Gasteiger partial charge on any atom is 0.0870 e. The monoisotopic (exact) mass is 247 g/mol. The smallest absolute Gasteiger partial charge is 0.0870 e. The van der Waals surface area contributed by atoms with Crippen LogP contribution in [0.25, 0.3) is 0 Å². The number of thioether (sulfide) groups is 1. The topological polar surface area (TPSA) is 32.5 Å². The number of hydrogen-bond donors (Lipinski definition) is 1. The highest BCUT2D eigenvalue weighted by Crippen LogP contribution is 2.04. The summed E-state index contributed by atoms with van der Waals surface area (Å²) in [6.45, 7) is 8.75. The Morgan fingerprint density at radius 2 is 1.87 bits per heavy atom. The van der Waals surface area contributed by atoms with E-state index < -0.39 is 0 Å². The largest absolute Gasteiger partial charge is 0.392 e. The Balaban J connectivity index is 2.10. The number of nitrogens with two attached hydrogens (primary N) is 1. The third-order valence-electron chi connectivity index (χ3n) is 2.60. The minimum absolute atomic E-state index is 0.616. The molecule has 15 heavy (non-hydrogen) atoms. The Morgan fingerprint density at radius 1 is 1.27 bits per heavy atom. The van der Waals surface area contributed by atoms with E-state index in [2.05, 4.69) is 16.7 Å². The third kappa shape index (κ3) is 5.70. The number of thiocarbonyl (C=S) groups is 1. The van der Waals surface area contributed by atoms with Crippen LogP contribution in [0.1, 0.15) is 6.92 Å². The summed E-state index contributed by atoms with van der Waals surface area (Å²) in [6.07, 6.45) is 0. The summed E-state index contributed by atoms with van der Waals surface area (Å²) < 4.78 is 0. The minimum Gasteiger partial charge on any atom is -0.392 e. The SMILES string of the molecule is CCSCCN1CCN(CC(N)=S)CC1. The van der Waals surface area contributed by atoms with E-state index >= 15 is 0 Å². The van der Waals surface area contributed by atoms with Crippen molar-refractivity contribution in [2.45, 2.75) is 6.92 Å². The fourth-order valence-corrected chi connectivity index (χ4v) is 2.59. The van der Waals surface area contributed by atoms with E-state index in [0.29, 0.717) is 4.99 Å². The van der Waals surface area contributed by atoms with E-state index in [-0.39, 0.29) is 0 Å². The van der Waals surface area contributed by atoms with Crippen LogP contribution in [0.4, 0.5) is 0 Å². The molecule has 88 valence electrons. The van der Waals surface area contributed by atoms with Gasteiger partial charge < -0.3 is 5.73 Å². The molecule has 1 saturated heterocycles. The van der Waals surface area contributed by atoms with Gasteiger partial charge in [-0.3, -0.25) is 9.80 Å². The van der Waals surface area contributed by atoms with Crippen molar-refractivity contribution in [3.05, 3.63) is 0 Å². The lowest BCUT2D eigenvalue weighted by Gasteiger charge is -2.34. The molecule has 0 amide bonds. The molecule has 0 aromatic carbocycles. The van der Waals surface area contributed by atoms with Gasteiger partial charge in [0, 0.05) is 45.0 Å². The molecule has 1 rings (SSSR count). The Hall–Kier alpha value is 0.160. The number of hydrogen-bond acceptors (Lipinski definition) is 4. The van der Waals surface area contributed by atoms with Gasteiger partial charge in [-0.15, -0.1) is 0 Å². The van der Waals surface area contributed by atoms with E-state index in [4.69, 9.17) is 18.0 Å². The van der Waals surface area contributed by atoms with E-state index in [9.17, 15) is 0 Å². The minimum atomic E-state index is 0.616. The highest BCUT2D eigenvalue weighted by Gasteiger charge is 2.16. The Morgan fingerprint density at radius 3 is 2.40 bits per heavy atom. The molecule has 2 N–H and O–H groups in total. The molecule has 0 atom stereocenters. The van der Waals surface area contributed by atoms with E-state index in [1.54, 1.807) is 0 Å². The maximum absolute atomic E-state index is 5.53. The van der Waals surface area contributed by atoms with Gasteiger partial charge in [-0.25, -0.2) is 0 Å². The molecule has 5 heteroatoms. The molecule has 0 aromatic heterocycles. The van der Waals surface area contributed by atoms with E-state index in [1.807, 2.05) is 11.8 Å². The van der Waals surface area contributed by atoms with Gasteiger partial charge in [0.25, 0.3) is 0 Å². The van der Waals surface area contributed by atoms with Crippen molar-refractivity contribution in [3.63, 3.8) is 0 Å². The Kier molecular flexibility index (Phi) is 6.56. The molecule has 1 aliphatic heterocycles. The van der Waals surface area contributed by atoms with Gasteiger partial charge in [-0.1, -0.05) is 19.1 Å². The summed E-state index contributed by atoms with van der Waals surface area (Å²) in [5.74, 6) is 2.48. The van der Waals surface area contributed by atoms with Gasteiger partial charge >= 0.3 is 0 Å². The van der Waals surface area contributed by atoms with Crippen LogP contribution >= 0.6 is 24.0 Å². The van der Waals surface area contributed by atoms with Crippen LogP contribution in [0, 0.1) is 0 Å². The van der Waals surface area contributed by atoms with Crippen LogP contribution in [0.15, 0.2) is 0 Å². The number of rotatable bonds is 6. The zero-order valence-electron chi connectivity index (χ0n) is 9.45. The summed E-state index contributed by atoms with van der Waals surface area (Å²) in [5, 5.41) is 0. The van der Waals surface area contributed by atoms with Crippen molar-refractivity contribution >= 4 is 29.0 Å². The first-order valence-corrected chi connectivity index (χ1v) is 7.09. The summed E-state index contributed by atoms with van der Waals surface area (Å²) in [6, 6.07) is 0. The predicted molar refractivity (Wildman–Crippen MR) is 72.7 cm³/mol. The average Bonchev–Trinajstić information content (AvgIpc) is 2.20. The van der Waals surface area contributed by atoms with Crippen LogP contribution in [-0.2, 0) is 0 Å². The lowest BCUT2D eigenvalue weighted by atomic mass is 10.3. The van der Waals surface area contributed by atoms with Gasteiger partial charge in [0.05, 0.1) is 4.99 Å². The van der Waals surface area contributed by atoms with E-state index in [1.165, 1.54) is 18.1 Å². The van der Waals surface area contributed by atoms with Crippen molar-refractivity contribution in [3.8, 4) is 0 Å². The molecule has 0 saturated carbocycles. The first-order valence-electron chi connectivity index (χ1n) is 5.53. The van der Waals surface area contributed by atoms with Crippen molar-refractivity contribution in [2.75, 3.05) is 50.8 Å². The predicted octanol–water partition coefficient (Wildman–Crippen LogP) is 0.643. The van der Waals surface area contributed by atoms with Crippen molar-refractivity contribution < 1.29 is 0 Å². The summed E-state index contributed by atoms with van der Waals surface area (Å²) in [4.78, 5) is 5.48. The van der Waals surface area contributed by atoms with Gasteiger partial charge in [-0.05, 0) is 5.75 Å². The van der Waals surface area contributed by atoms with E-state index in [0.717, 1.165) is 32.7 Å². The van der Waals surface area contributed by atoms with Gasteiger partial charge in [0.1, 0.15) is 0 Å². The van der Waals surface area contributed by atoms with Crippen LogP contribution in [0.2, 0.25) is 0 Å². The van der Waals surface area contributed by atoms with Gasteiger partial charge in [0.15, 0.2) is 0 Å². The fraction of sp³-hybridized carbons (Fsp3) is 0.900. The highest BCUT2D eigenvalue weighted by molar-refractivity contribution is 7.99. The standard InChI is InChI=1S/C10H21N3S2/c1-2-15-8-7-12-3-5-13(6-4-12)9-10(11)14/h2-9H2,1H3,(H2,11,14). The molecular weight excluding hydrogens is 226 g/mol. The molecule has 0 aromatic rings. The fourth-order valence-electron chi connectivity index (χ4n) is 1.73. The van der Waals surface area contributed by atoms with Crippen LogP contribution in [0.5, 0.6) is 0 Å². The molecule has 0 bridgehead atoms. The first kappa shape index (κ1) is 13.2. The zero-order valence-corrected chi connectivity index (χ0v) is 11.1. The molecular formula is C10H21N3S2. The maximum atomic E-state index is 5.53. The van der Waals surface area contributed by atoms with Crippen molar-refractivity contribution in [2.24, 2.45) is 5.73 Å². The van der Waals surface area contributed by atoms with Crippen LogP contribution in [0.3, 0.4) is 0 Å². The molecule has 1 heterocycles. The quantitative estimate of drug-likeness (QED) is 0.550. The molecule has 0 radical (unpaired) electrons. The number of piperazine rings is 1. The van der Waals surface area contributed by atoms with Crippen LogP contribution in [-0.4, -0.2) is 65.6 Å². The molecule has 0 aliphatic carbocycles. The summed E-state index contributed by atoms with van der Waals surface area (Å²) in [7, 11) is 0. The summed E-state index contributed by atoms with van der Waals surface area (Å²) >= 11 is 6.93. The number of nitrogens with zero attached hydrogens (tertiary/aromatic N) is 2. The van der Waals surface area contributed by atoms with Crippen molar-refractivity contribution in [1.29, 1.82) is 0 Å². The molecule has 1 aliphatic rings. The second-order valence-corrected chi connectivity index (χ2v) is 5.70. The van der Waals surface area contributed by atoms with Gasteiger partial charge in [-0.2, -0.15) is 11.8 Å². The van der Waals surface area contributed by atoms with Crippen molar-refractivity contribution in [1.82, 2.24) is 9.80 Å². The lowest BCUT2D eigenvalue weighted by Crippen LogP contribution is -2.49. The summed E-state index contributed by atoms with van der Waals surface area (Å²) in [5.41, 5.74) is 5.53. The lowest BCUT2D eigenvalue weighted by molar-refractivity contribution is 0.152. The molecule has 3 nitrogen and oxygen atoms in total. The normalized spacial score (nSPS) is 19.3. The second kappa shape index (κ2) is 7.44. The molecule has 0 spiro atoms. The van der Waals surface area contributed by atoms with Gasteiger partial charge in [0.2, 0.25) is 0 Å². The zero-order chi connectivity index (χ0) is 11.1. The average molecular weight is 247 g/mol.